The fourth-order valence-electron chi connectivity index (χ4n) is 0.947. The molecule has 7 heteroatoms. The molecule has 0 saturated carbocycles. The molecule has 0 aliphatic rings. The van der Waals surface area contributed by atoms with Crippen LogP contribution in [0, 0.1) is 10.8 Å². The molecule has 25 heavy (non-hydrogen) atoms. The fraction of sp³-hybridized carbons (Fsp3) is 0.611. The second-order valence-electron chi connectivity index (χ2n) is 7.51. The molecule has 0 aromatic carbocycles. The summed E-state index contributed by atoms with van der Waals surface area (Å²) in [6.07, 6.45) is 0. The van der Waals surface area contributed by atoms with Gasteiger partial charge in [-0.05, 0) is 34.6 Å². The highest BCUT2D eigenvalue weighted by molar-refractivity contribution is 5.87. The van der Waals surface area contributed by atoms with E-state index in [1.807, 2.05) is 13.8 Å². The van der Waals surface area contributed by atoms with Crippen LogP contribution in [0.3, 0.4) is 0 Å². The van der Waals surface area contributed by atoms with Crippen LogP contribution in [0.25, 0.3) is 0 Å². The van der Waals surface area contributed by atoms with Crippen molar-refractivity contribution in [1.29, 1.82) is 0 Å². The highest BCUT2D eigenvalue weighted by Crippen LogP contribution is 2.17. The zero-order chi connectivity index (χ0) is 20.4. The van der Waals surface area contributed by atoms with Crippen LogP contribution in [-0.4, -0.2) is 36.4 Å². The minimum atomic E-state index is -0.613. The monoisotopic (exact) mass is 358 g/mol. The van der Waals surface area contributed by atoms with Gasteiger partial charge in [-0.2, -0.15) is 5.26 Å². The molecule has 0 spiro atoms. The molecular weight excluding hydrogens is 328 g/mol. The number of ether oxygens (including phenoxy) is 2. The molecule has 1 N–H and O–H groups in total. The predicted molar refractivity (Wildman–Crippen MR) is 93.5 cm³/mol. The van der Waals surface area contributed by atoms with Gasteiger partial charge in [0.05, 0.1) is 18.6 Å². The van der Waals surface area contributed by atoms with E-state index in [4.69, 9.17) is 14.7 Å². The second-order valence-corrected chi connectivity index (χ2v) is 7.51. The molecule has 0 radical (unpaired) electrons. The first-order valence-electron chi connectivity index (χ1n) is 7.65. The van der Waals surface area contributed by atoms with Crippen LogP contribution >= 0.6 is 0 Å². The topological polar surface area (TPSA) is 99.1 Å². The molecule has 0 rings (SSSR count). The number of hydrogen-bond acceptors (Lipinski definition) is 7. The average molecular weight is 358 g/mol. The van der Waals surface area contributed by atoms with Crippen molar-refractivity contribution in [3.05, 3.63) is 24.3 Å². The fourth-order valence-corrected chi connectivity index (χ4v) is 0.947. The van der Waals surface area contributed by atoms with Gasteiger partial charge in [0, 0.05) is 16.6 Å². The van der Waals surface area contributed by atoms with Crippen molar-refractivity contribution in [2.24, 2.45) is 10.8 Å². The maximum absolute atomic E-state index is 11.2. The first-order valence-corrected chi connectivity index (χ1v) is 7.65. The minimum absolute atomic E-state index is 0.169. The van der Waals surface area contributed by atoms with E-state index in [9.17, 15) is 14.4 Å². The highest BCUT2D eigenvalue weighted by Gasteiger charge is 2.23. The van der Waals surface area contributed by atoms with Gasteiger partial charge in [0.15, 0.2) is 0 Å². The van der Waals surface area contributed by atoms with E-state index in [1.54, 1.807) is 34.6 Å². The Hall–Kier alpha value is -2.15. The highest BCUT2D eigenvalue weighted by atomic mass is 17.1. The molecule has 0 aliphatic carbocycles. The summed E-state index contributed by atoms with van der Waals surface area (Å²) in [4.78, 5) is 36.2. The van der Waals surface area contributed by atoms with Crippen LogP contribution in [0.2, 0.25) is 0 Å². The lowest BCUT2D eigenvalue weighted by Gasteiger charge is -2.23. The van der Waals surface area contributed by atoms with Crippen molar-refractivity contribution in [3.8, 4) is 0 Å². The molecule has 0 aromatic heterocycles. The minimum Gasteiger partial charge on any atom is -0.462 e. The Morgan fingerprint density at radius 2 is 1.16 bits per heavy atom. The van der Waals surface area contributed by atoms with Crippen LogP contribution in [0.15, 0.2) is 24.3 Å². The number of esters is 2. The first-order chi connectivity index (χ1) is 11.1. The first kappa shape index (κ1) is 25.1. The lowest BCUT2D eigenvalue weighted by atomic mass is 9.96. The van der Waals surface area contributed by atoms with Crippen molar-refractivity contribution in [2.45, 2.75) is 48.5 Å². The van der Waals surface area contributed by atoms with Gasteiger partial charge in [-0.15, -0.1) is 0 Å². The van der Waals surface area contributed by atoms with Crippen molar-refractivity contribution in [2.75, 3.05) is 13.2 Å². The maximum Gasteiger partial charge on any atom is 0.347 e. The molecule has 144 valence electrons. The standard InChI is InChI=1S/C13H20O4.C5H10O3/c1-9(2)11(14)16-7-13(5,6)8-17-12(15)10(3)4;1-5(2,3)4(6)8-7/h1,3,7-8H2,2,4-6H3;7H,1-3H3. The average Bonchev–Trinajstić information content (AvgIpc) is 2.48. The molecule has 7 nitrogen and oxygen atoms in total. The zero-order valence-electron chi connectivity index (χ0n) is 16.2. The summed E-state index contributed by atoms with van der Waals surface area (Å²) in [5, 5.41) is 7.82. The van der Waals surface area contributed by atoms with Crippen molar-refractivity contribution >= 4 is 17.9 Å². The van der Waals surface area contributed by atoms with E-state index in [0.717, 1.165) is 0 Å². The van der Waals surface area contributed by atoms with Gasteiger partial charge in [-0.1, -0.05) is 27.0 Å². The molecule has 0 aromatic rings. The lowest BCUT2D eigenvalue weighted by Crippen LogP contribution is -2.28. The summed E-state index contributed by atoms with van der Waals surface area (Å²) in [6.45, 7) is 19.1. The third-order valence-electron chi connectivity index (χ3n) is 2.58. The van der Waals surface area contributed by atoms with Gasteiger partial charge >= 0.3 is 17.9 Å². The number of hydrogen-bond donors (Lipinski definition) is 1. The Morgan fingerprint density at radius 3 is 1.32 bits per heavy atom. The summed E-state index contributed by atoms with van der Waals surface area (Å²) in [6, 6.07) is 0. The van der Waals surface area contributed by atoms with Crippen LogP contribution in [-0.2, 0) is 28.7 Å². The molecule has 0 amide bonds. The van der Waals surface area contributed by atoms with Gasteiger partial charge in [-0.3, -0.25) is 0 Å². The van der Waals surface area contributed by atoms with E-state index >= 15 is 0 Å². The Balaban J connectivity index is 0. The zero-order valence-corrected chi connectivity index (χ0v) is 16.2. The van der Waals surface area contributed by atoms with E-state index < -0.39 is 28.7 Å². The largest absolute Gasteiger partial charge is 0.462 e. The Labute approximate surface area is 149 Å². The molecule has 0 bridgehead atoms. The van der Waals surface area contributed by atoms with E-state index in [1.165, 1.54) is 0 Å². The Bertz CT molecular complexity index is 478. The van der Waals surface area contributed by atoms with Gasteiger partial charge in [-0.25, -0.2) is 14.4 Å². The van der Waals surface area contributed by atoms with Crippen molar-refractivity contribution in [3.63, 3.8) is 0 Å². The molecule has 0 fully saturated rings. The molecule has 0 aliphatic heterocycles. The van der Waals surface area contributed by atoms with Crippen LogP contribution in [0.4, 0.5) is 0 Å². The summed E-state index contributed by atoms with van der Waals surface area (Å²) >= 11 is 0. The predicted octanol–water partition coefficient (Wildman–Crippen LogP) is 3.30. The van der Waals surface area contributed by atoms with Gasteiger partial charge in [0.25, 0.3) is 0 Å². The van der Waals surface area contributed by atoms with Crippen LogP contribution in [0.1, 0.15) is 48.5 Å². The van der Waals surface area contributed by atoms with Gasteiger partial charge in [0.2, 0.25) is 0 Å². The summed E-state index contributed by atoms with van der Waals surface area (Å²) in [5.74, 6) is -1.49. The van der Waals surface area contributed by atoms with E-state index in [2.05, 4.69) is 18.0 Å². The van der Waals surface area contributed by atoms with E-state index in [-0.39, 0.29) is 13.2 Å². The van der Waals surface area contributed by atoms with Crippen LogP contribution in [0.5, 0.6) is 0 Å². The SMILES string of the molecule is C=C(C)C(=O)OCC(C)(C)COC(=O)C(=C)C.CC(C)(C)C(=O)OO. The third-order valence-corrected chi connectivity index (χ3v) is 2.58. The van der Waals surface area contributed by atoms with E-state index in [0.29, 0.717) is 11.1 Å². The smallest absolute Gasteiger partial charge is 0.347 e. The van der Waals surface area contributed by atoms with Crippen molar-refractivity contribution in [1.82, 2.24) is 0 Å². The number of rotatable bonds is 6. The Kier molecular flexibility index (Phi) is 10.7. The summed E-state index contributed by atoms with van der Waals surface area (Å²) in [7, 11) is 0. The van der Waals surface area contributed by atoms with Gasteiger partial charge < -0.3 is 14.4 Å². The second kappa shape index (κ2) is 10.7. The maximum atomic E-state index is 11.2. The number of carbonyl (C=O) groups is 3. The molecule has 0 heterocycles. The van der Waals surface area contributed by atoms with Crippen LogP contribution < -0.4 is 0 Å². The van der Waals surface area contributed by atoms with Gasteiger partial charge in [0.1, 0.15) is 0 Å². The quantitative estimate of drug-likeness (QED) is 0.256. The summed E-state index contributed by atoms with van der Waals surface area (Å²) < 4.78 is 10.0. The normalized spacial score (nSPS) is 10.7. The van der Waals surface area contributed by atoms with Crippen molar-refractivity contribution < 1.29 is 34.0 Å². The molecule has 0 saturated heterocycles. The molecule has 0 atom stereocenters. The summed E-state index contributed by atoms with van der Waals surface area (Å²) in [5.41, 5.74) is -0.343. The third kappa shape index (κ3) is 12.9. The lowest BCUT2D eigenvalue weighted by molar-refractivity contribution is -0.243. The molecular formula is C18H30O7. The number of carbonyl (C=O) groups excluding carboxylic acids is 3. The molecule has 0 unspecified atom stereocenters. The Morgan fingerprint density at radius 1 is 0.840 bits per heavy atom.